The second-order valence-electron chi connectivity index (χ2n) is 6.45. The highest BCUT2D eigenvalue weighted by Gasteiger charge is 2.40. The second kappa shape index (κ2) is 7.55. The Labute approximate surface area is 178 Å². The minimum absolute atomic E-state index is 0.0550. The summed E-state index contributed by atoms with van der Waals surface area (Å²) in [5.41, 5.74) is -4.00. The Hall–Kier alpha value is -3.54. The molecule has 0 aliphatic carbocycles. The molecule has 0 atom stereocenters. The number of rotatable bonds is 3. The van der Waals surface area contributed by atoms with Gasteiger partial charge in [-0.25, -0.2) is 4.98 Å². The molecule has 0 amide bonds. The smallest absolute Gasteiger partial charge is 0.437 e. The van der Waals surface area contributed by atoms with Gasteiger partial charge in [0.25, 0.3) is 5.56 Å². The van der Waals surface area contributed by atoms with E-state index in [0.29, 0.717) is 17.0 Å². The summed E-state index contributed by atoms with van der Waals surface area (Å²) in [5, 5.41) is 6.19. The first-order chi connectivity index (χ1) is 14.9. The minimum atomic E-state index is -5.16. The molecule has 0 fully saturated rings. The van der Waals surface area contributed by atoms with Crippen LogP contribution >= 0.6 is 11.6 Å². The van der Waals surface area contributed by atoms with E-state index in [4.69, 9.17) is 16.3 Å². The first-order valence-electron chi connectivity index (χ1n) is 8.65. The quantitative estimate of drug-likeness (QED) is 0.368. The lowest BCUT2D eigenvalue weighted by Crippen LogP contribution is -2.21. The van der Waals surface area contributed by atoms with E-state index in [1.165, 1.54) is 0 Å². The van der Waals surface area contributed by atoms with Crippen molar-refractivity contribution in [3.8, 4) is 23.0 Å². The molecule has 2 N–H and O–H groups in total. The molecular weight excluding hydrogens is 466 g/mol. The maximum absolute atomic E-state index is 13.7. The number of halogens is 7. The van der Waals surface area contributed by atoms with Gasteiger partial charge >= 0.3 is 12.4 Å². The number of ether oxygens (including phenoxy) is 1. The Morgan fingerprint density at radius 3 is 2.38 bits per heavy atom. The van der Waals surface area contributed by atoms with Gasteiger partial charge in [0.2, 0.25) is 5.75 Å². The lowest BCUT2D eigenvalue weighted by atomic mass is 10.2. The zero-order chi connectivity index (χ0) is 23.3. The van der Waals surface area contributed by atoms with Crippen LogP contribution in [0.1, 0.15) is 11.3 Å². The molecular formula is C19H9ClF6N4O2. The third-order valence-corrected chi connectivity index (χ3v) is 4.63. The molecule has 32 heavy (non-hydrogen) atoms. The number of hydrogen-bond donors (Lipinski definition) is 2. The largest absolute Gasteiger partial charge is 0.449 e. The van der Waals surface area contributed by atoms with Gasteiger partial charge in [-0.2, -0.15) is 31.4 Å². The van der Waals surface area contributed by atoms with E-state index in [1.807, 2.05) is 0 Å². The lowest BCUT2D eigenvalue weighted by molar-refractivity contribution is -0.142. The van der Waals surface area contributed by atoms with Crippen molar-refractivity contribution < 1.29 is 31.1 Å². The van der Waals surface area contributed by atoms with Crippen LogP contribution in [-0.4, -0.2) is 20.2 Å². The molecule has 0 unspecified atom stereocenters. The fourth-order valence-electron chi connectivity index (χ4n) is 2.91. The first kappa shape index (κ1) is 21.7. The Morgan fingerprint density at radius 1 is 0.969 bits per heavy atom. The number of hydrogen-bond acceptors (Lipinski definition) is 4. The van der Waals surface area contributed by atoms with Crippen LogP contribution in [0.4, 0.5) is 26.3 Å². The van der Waals surface area contributed by atoms with Gasteiger partial charge in [-0.1, -0.05) is 29.8 Å². The summed E-state index contributed by atoms with van der Waals surface area (Å²) in [4.78, 5) is 18.1. The van der Waals surface area contributed by atoms with Crippen LogP contribution in [0, 0.1) is 0 Å². The number of aromatic nitrogens is 4. The molecule has 0 aliphatic heterocycles. The van der Waals surface area contributed by atoms with Crippen molar-refractivity contribution in [2.24, 2.45) is 0 Å². The van der Waals surface area contributed by atoms with Gasteiger partial charge in [-0.15, -0.1) is 0 Å². The fraction of sp³-hybridized carbons (Fsp3) is 0.105. The highest BCUT2D eigenvalue weighted by Crippen LogP contribution is 2.39. The van der Waals surface area contributed by atoms with E-state index in [-0.39, 0.29) is 5.69 Å². The van der Waals surface area contributed by atoms with Crippen LogP contribution < -0.4 is 10.3 Å². The minimum Gasteiger partial charge on any atom is -0.449 e. The number of fused-ring (bicyclic) bond motifs is 1. The molecule has 0 spiro atoms. The summed E-state index contributed by atoms with van der Waals surface area (Å²) in [7, 11) is 0. The molecule has 13 heteroatoms. The topological polar surface area (TPSA) is 83.7 Å². The number of alkyl halides is 6. The summed E-state index contributed by atoms with van der Waals surface area (Å²) in [6, 6.07) is 8.52. The molecule has 0 saturated heterocycles. The summed E-state index contributed by atoms with van der Waals surface area (Å²) < 4.78 is 85.1. The standard InChI is InChI=1S/C19H9ClF6N4O2/c20-11-6-5-8(7-10(11)18(21,22)23)32-14-15(19(24,25)26)27-16(28-17(14)31)13-9-3-1-2-4-12(9)29-30-13/h1-7H,(H,29,30)(H,27,28,31). The number of aromatic amines is 2. The molecule has 2 heterocycles. The summed E-state index contributed by atoms with van der Waals surface area (Å²) in [6.07, 6.45) is -10.1. The number of para-hydroxylation sites is 1. The van der Waals surface area contributed by atoms with Crippen LogP contribution in [0.3, 0.4) is 0 Å². The van der Waals surface area contributed by atoms with Crippen molar-refractivity contribution in [2.75, 3.05) is 0 Å². The number of nitrogens with zero attached hydrogens (tertiary/aromatic N) is 2. The zero-order valence-electron chi connectivity index (χ0n) is 15.4. The van der Waals surface area contributed by atoms with E-state index in [2.05, 4.69) is 20.2 Å². The molecule has 0 bridgehead atoms. The van der Waals surface area contributed by atoms with Gasteiger partial charge in [0, 0.05) is 5.39 Å². The van der Waals surface area contributed by atoms with Crippen molar-refractivity contribution in [2.45, 2.75) is 12.4 Å². The molecule has 0 aliphatic rings. The van der Waals surface area contributed by atoms with Crippen LogP contribution in [0.5, 0.6) is 11.5 Å². The van der Waals surface area contributed by atoms with Crippen molar-refractivity contribution >= 4 is 22.5 Å². The van der Waals surface area contributed by atoms with E-state index in [1.54, 1.807) is 24.3 Å². The van der Waals surface area contributed by atoms with Crippen LogP contribution in [0.15, 0.2) is 47.3 Å². The number of nitrogens with one attached hydrogen (secondary N) is 2. The van der Waals surface area contributed by atoms with Gasteiger partial charge in [0.1, 0.15) is 11.4 Å². The van der Waals surface area contributed by atoms with Gasteiger partial charge in [0.05, 0.1) is 16.1 Å². The van der Waals surface area contributed by atoms with Crippen LogP contribution in [0.25, 0.3) is 22.4 Å². The van der Waals surface area contributed by atoms with Crippen molar-refractivity contribution in [3.63, 3.8) is 0 Å². The highest BCUT2D eigenvalue weighted by atomic mass is 35.5. The van der Waals surface area contributed by atoms with Crippen molar-refractivity contribution in [1.82, 2.24) is 20.2 Å². The molecule has 4 aromatic rings. The molecule has 2 aromatic heterocycles. The van der Waals surface area contributed by atoms with Crippen LogP contribution in [-0.2, 0) is 12.4 Å². The zero-order valence-corrected chi connectivity index (χ0v) is 16.2. The summed E-state index contributed by atoms with van der Waals surface area (Å²) in [5.74, 6) is -2.51. The third kappa shape index (κ3) is 4.00. The van der Waals surface area contributed by atoms with Gasteiger partial charge in [-0.3, -0.25) is 9.89 Å². The normalized spacial score (nSPS) is 12.3. The Balaban J connectivity index is 1.85. The van der Waals surface area contributed by atoms with Crippen molar-refractivity contribution in [3.05, 3.63) is 69.1 Å². The predicted octanol–water partition coefficient (Wildman–Crippen LogP) is 5.80. The Morgan fingerprint density at radius 2 is 1.69 bits per heavy atom. The molecule has 0 radical (unpaired) electrons. The average Bonchev–Trinajstić information content (AvgIpc) is 3.13. The van der Waals surface area contributed by atoms with Gasteiger partial charge < -0.3 is 9.72 Å². The van der Waals surface area contributed by atoms with E-state index in [0.717, 1.165) is 12.1 Å². The second-order valence-corrected chi connectivity index (χ2v) is 6.86. The predicted molar refractivity (Wildman–Crippen MR) is 101 cm³/mol. The van der Waals surface area contributed by atoms with Crippen LogP contribution in [0.2, 0.25) is 5.02 Å². The first-order valence-corrected chi connectivity index (χ1v) is 9.02. The fourth-order valence-corrected chi connectivity index (χ4v) is 3.13. The molecule has 166 valence electrons. The average molecular weight is 475 g/mol. The Bertz CT molecular complexity index is 1380. The molecule has 2 aromatic carbocycles. The third-order valence-electron chi connectivity index (χ3n) is 4.30. The van der Waals surface area contributed by atoms with Crippen molar-refractivity contribution in [1.29, 1.82) is 0 Å². The van der Waals surface area contributed by atoms with Gasteiger partial charge in [-0.05, 0) is 24.3 Å². The number of H-pyrrole nitrogens is 2. The number of benzene rings is 2. The van der Waals surface area contributed by atoms with Gasteiger partial charge in [0.15, 0.2) is 11.5 Å². The monoisotopic (exact) mass is 474 g/mol. The highest BCUT2D eigenvalue weighted by molar-refractivity contribution is 6.31. The van der Waals surface area contributed by atoms with E-state index < -0.39 is 51.5 Å². The lowest BCUT2D eigenvalue weighted by Gasteiger charge is -2.15. The SMILES string of the molecule is O=c1[nH]c(-c2n[nH]c3ccccc23)nc(C(F)(F)F)c1Oc1ccc(Cl)c(C(F)(F)F)c1. The summed E-state index contributed by atoms with van der Waals surface area (Å²) >= 11 is 5.50. The van der Waals surface area contributed by atoms with E-state index in [9.17, 15) is 31.1 Å². The molecule has 4 rings (SSSR count). The maximum Gasteiger partial charge on any atom is 0.437 e. The Kier molecular flexibility index (Phi) is 5.12. The molecule has 6 nitrogen and oxygen atoms in total. The molecule has 0 saturated carbocycles. The van der Waals surface area contributed by atoms with E-state index >= 15 is 0 Å². The summed E-state index contributed by atoms with van der Waals surface area (Å²) in [6.45, 7) is 0. The maximum atomic E-state index is 13.7.